The number of hydrogen-bond donors (Lipinski definition) is 1. The van der Waals surface area contributed by atoms with E-state index in [1.54, 1.807) is 60.7 Å². The third kappa shape index (κ3) is 8.81. The van der Waals surface area contributed by atoms with E-state index in [9.17, 15) is 18.0 Å². The number of anilines is 1. The SMILES string of the molecule is CC[C@@H](C)NC(=O)[C@@H](Cc1ccccc1)N(Cc1ccc(Cl)cc1Cl)C(=O)CN(c1ccccc1)S(=O)(=O)c1ccc(OC)cc1. The molecule has 0 bridgehead atoms. The van der Waals surface area contributed by atoms with E-state index >= 15 is 0 Å². The highest BCUT2D eigenvalue weighted by molar-refractivity contribution is 7.92. The molecule has 8 nitrogen and oxygen atoms in total. The highest BCUT2D eigenvalue weighted by atomic mass is 35.5. The van der Waals surface area contributed by atoms with Crippen LogP contribution in [0, 0.1) is 0 Å². The molecule has 242 valence electrons. The van der Waals surface area contributed by atoms with Gasteiger partial charge in [-0.05, 0) is 73.0 Å². The molecule has 0 saturated carbocycles. The van der Waals surface area contributed by atoms with Crippen molar-refractivity contribution in [3.8, 4) is 5.75 Å². The van der Waals surface area contributed by atoms with Crippen LogP contribution < -0.4 is 14.4 Å². The molecule has 4 aromatic carbocycles. The number of carbonyl (C=O) groups is 2. The molecule has 1 N–H and O–H groups in total. The maximum Gasteiger partial charge on any atom is 0.264 e. The first kappa shape index (κ1) is 34.8. The number of carbonyl (C=O) groups excluding carboxylic acids is 2. The number of methoxy groups -OCH3 is 1. The van der Waals surface area contributed by atoms with Gasteiger partial charge < -0.3 is 15.0 Å². The fourth-order valence-electron chi connectivity index (χ4n) is 4.83. The molecule has 0 spiro atoms. The topological polar surface area (TPSA) is 96.0 Å². The molecule has 0 aliphatic rings. The minimum absolute atomic E-state index is 0.0207. The first-order chi connectivity index (χ1) is 22.0. The van der Waals surface area contributed by atoms with Crippen molar-refractivity contribution in [1.29, 1.82) is 0 Å². The summed E-state index contributed by atoms with van der Waals surface area (Å²) in [7, 11) is -2.75. The van der Waals surface area contributed by atoms with Gasteiger partial charge in [0.05, 0.1) is 17.7 Å². The van der Waals surface area contributed by atoms with Gasteiger partial charge in [-0.3, -0.25) is 13.9 Å². The molecular formula is C35H37Cl2N3O5S. The van der Waals surface area contributed by atoms with Gasteiger partial charge in [-0.25, -0.2) is 8.42 Å². The van der Waals surface area contributed by atoms with Crippen LogP contribution in [0.25, 0.3) is 0 Å². The molecule has 0 fully saturated rings. The van der Waals surface area contributed by atoms with Gasteiger partial charge in [0.2, 0.25) is 11.8 Å². The number of hydrogen-bond acceptors (Lipinski definition) is 5. The van der Waals surface area contributed by atoms with E-state index in [4.69, 9.17) is 27.9 Å². The quantitative estimate of drug-likeness (QED) is 0.159. The van der Waals surface area contributed by atoms with E-state index in [2.05, 4.69) is 5.32 Å². The third-order valence-corrected chi connectivity index (χ3v) is 9.97. The lowest BCUT2D eigenvalue weighted by Crippen LogP contribution is -2.54. The summed E-state index contributed by atoms with van der Waals surface area (Å²) in [6, 6.07) is 27.4. The molecule has 0 aromatic heterocycles. The van der Waals surface area contributed by atoms with Gasteiger partial charge in [-0.1, -0.05) is 84.7 Å². The number of ether oxygens (including phenoxy) is 1. The molecule has 46 heavy (non-hydrogen) atoms. The predicted molar refractivity (Wildman–Crippen MR) is 183 cm³/mol. The van der Waals surface area contributed by atoms with Gasteiger partial charge in [0.15, 0.2) is 0 Å². The van der Waals surface area contributed by atoms with Crippen molar-refractivity contribution in [2.75, 3.05) is 18.0 Å². The van der Waals surface area contributed by atoms with Crippen LogP contribution in [0.4, 0.5) is 5.69 Å². The van der Waals surface area contributed by atoms with Crippen LogP contribution in [-0.2, 0) is 32.6 Å². The van der Waals surface area contributed by atoms with Gasteiger partial charge in [-0.15, -0.1) is 0 Å². The Kier molecular flexibility index (Phi) is 12.1. The maximum absolute atomic E-state index is 14.5. The number of benzene rings is 4. The zero-order valence-electron chi connectivity index (χ0n) is 25.9. The first-order valence-electron chi connectivity index (χ1n) is 14.8. The molecule has 0 radical (unpaired) electrons. The van der Waals surface area contributed by atoms with Gasteiger partial charge in [0.25, 0.3) is 10.0 Å². The fraction of sp³-hybridized carbons (Fsp3) is 0.257. The van der Waals surface area contributed by atoms with Crippen molar-refractivity contribution < 1.29 is 22.7 Å². The Morgan fingerprint density at radius 3 is 2.11 bits per heavy atom. The van der Waals surface area contributed by atoms with Gasteiger partial charge in [0.1, 0.15) is 18.3 Å². The van der Waals surface area contributed by atoms with Crippen molar-refractivity contribution in [3.05, 3.63) is 124 Å². The largest absolute Gasteiger partial charge is 0.497 e. The Morgan fingerprint density at radius 2 is 1.52 bits per heavy atom. The average Bonchev–Trinajstić information content (AvgIpc) is 3.06. The smallest absolute Gasteiger partial charge is 0.264 e. The Morgan fingerprint density at radius 1 is 0.891 bits per heavy atom. The number of nitrogens with one attached hydrogen (secondary N) is 1. The highest BCUT2D eigenvalue weighted by Gasteiger charge is 2.35. The number of sulfonamides is 1. The monoisotopic (exact) mass is 681 g/mol. The summed E-state index contributed by atoms with van der Waals surface area (Å²) in [4.78, 5) is 29.8. The molecule has 4 aromatic rings. The molecule has 0 unspecified atom stereocenters. The summed E-state index contributed by atoms with van der Waals surface area (Å²) in [5.74, 6) is -0.462. The van der Waals surface area contributed by atoms with Crippen molar-refractivity contribution in [1.82, 2.24) is 10.2 Å². The van der Waals surface area contributed by atoms with E-state index in [-0.39, 0.29) is 29.8 Å². The highest BCUT2D eigenvalue weighted by Crippen LogP contribution is 2.28. The Hall–Kier alpha value is -4.05. The molecule has 0 aliphatic carbocycles. The lowest BCUT2D eigenvalue weighted by molar-refractivity contribution is -0.140. The van der Waals surface area contributed by atoms with Gasteiger partial charge in [-0.2, -0.15) is 0 Å². The summed E-state index contributed by atoms with van der Waals surface area (Å²) in [6.45, 7) is 3.20. The van der Waals surface area contributed by atoms with E-state index in [0.29, 0.717) is 33.5 Å². The van der Waals surface area contributed by atoms with Crippen LogP contribution >= 0.6 is 23.2 Å². The molecule has 0 heterocycles. The minimum atomic E-state index is -4.24. The first-order valence-corrected chi connectivity index (χ1v) is 17.0. The van der Waals surface area contributed by atoms with E-state index < -0.39 is 28.5 Å². The molecular weight excluding hydrogens is 645 g/mol. The van der Waals surface area contributed by atoms with Crippen LogP contribution in [0.15, 0.2) is 108 Å². The van der Waals surface area contributed by atoms with Gasteiger partial charge in [0, 0.05) is 29.1 Å². The van der Waals surface area contributed by atoms with Crippen molar-refractivity contribution in [2.24, 2.45) is 0 Å². The van der Waals surface area contributed by atoms with Crippen molar-refractivity contribution in [2.45, 2.75) is 50.2 Å². The van der Waals surface area contributed by atoms with E-state index in [1.165, 1.54) is 24.1 Å². The number of amides is 2. The van der Waals surface area contributed by atoms with Crippen molar-refractivity contribution in [3.63, 3.8) is 0 Å². The molecule has 0 saturated heterocycles. The molecule has 2 amide bonds. The van der Waals surface area contributed by atoms with Crippen LogP contribution in [0.3, 0.4) is 0 Å². The Bertz CT molecular complexity index is 1720. The second kappa shape index (κ2) is 16.0. The van der Waals surface area contributed by atoms with E-state index in [1.807, 2.05) is 44.2 Å². The summed E-state index contributed by atoms with van der Waals surface area (Å²) in [5.41, 5.74) is 1.68. The summed E-state index contributed by atoms with van der Waals surface area (Å²) in [6.07, 6.45) is 0.874. The fourth-order valence-corrected chi connectivity index (χ4v) is 6.71. The number of nitrogens with zero attached hydrogens (tertiary/aromatic N) is 2. The summed E-state index contributed by atoms with van der Waals surface area (Å²) >= 11 is 12.7. The Balaban J connectivity index is 1.81. The average molecular weight is 683 g/mol. The lowest BCUT2D eigenvalue weighted by atomic mass is 10.0. The molecule has 0 aliphatic heterocycles. The molecule has 4 rings (SSSR count). The number of para-hydroxylation sites is 1. The summed E-state index contributed by atoms with van der Waals surface area (Å²) < 4.78 is 34.5. The zero-order valence-corrected chi connectivity index (χ0v) is 28.2. The maximum atomic E-state index is 14.5. The van der Waals surface area contributed by atoms with Crippen LogP contribution in [-0.4, -0.2) is 50.9 Å². The zero-order chi connectivity index (χ0) is 33.3. The summed E-state index contributed by atoms with van der Waals surface area (Å²) in [5, 5.41) is 3.75. The minimum Gasteiger partial charge on any atom is -0.497 e. The van der Waals surface area contributed by atoms with Crippen LogP contribution in [0.1, 0.15) is 31.4 Å². The second-order valence-electron chi connectivity index (χ2n) is 10.8. The number of halogens is 2. The Labute approximate surface area is 280 Å². The normalized spacial score (nSPS) is 12.5. The predicted octanol–water partition coefficient (Wildman–Crippen LogP) is 6.75. The molecule has 11 heteroatoms. The van der Waals surface area contributed by atoms with Crippen molar-refractivity contribution >= 4 is 50.7 Å². The lowest BCUT2D eigenvalue weighted by Gasteiger charge is -2.34. The standard InChI is InChI=1S/C35H37Cl2N3O5S/c1-4-25(2)38-35(42)33(21-26-11-7-5-8-12-26)39(23-27-15-16-28(36)22-32(27)37)34(41)24-40(29-13-9-6-10-14-29)46(43,44)31-19-17-30(45-3)18-20-31/h5-20,22,25,33H,4,21,23-24H2,1-3H3,(H,38,42)/t25-,33-/m1/s1. The third-order valence-electron chi connectivity index (χ3n) is 7.60. The van der Waals surface area contributed by atoms with Crippen LogP contribution in [0.2, 0.25) is 10.0 Å². The second-order valence-corrected chi connectivity index (χ2v) is 13.5. The van der Waals surface area contributed by atoms with Gasteiger partial charge >= 0.3 is 0 Å². The number of rotatable bonds is 14. The van der Waals surface area contributed by atoms with Crippen LogP contribution in [0.5, 0.6) is 5.75 Å². The van der Waals surface area contributed by atoms with E-state index in [0.717, 1.165) is 9.87 Å². The molecule has 2 atom stereocenters.